The summed E-state index contributed by atoms with van der Waals surface area (Å²) in [5.74, 6) is -0.171. The van der Waals surface area contributed by atoms with Crippen molar-refractivity contribution in [3.05, 3.63) is 45.4 Å². The van der Waals surface area contributed by atoms with Crippen LogP contribution in [-0.2, 0) is 12.8 Å². The number of carbonyl (C=O) groups is 1. The van der Waals surface area contributed by atoms with E-state index in [1.807, 2.05) is 18.2 Å². The highest BCUT2D eigenvalue weighted by Crippen LogP contribution is 2.17. The third-order valence-corrected chi connectivity index (χ3v) is 4.04. The maximum Gasteiger partial charge on any atom is 0.275 e. The number of anilines is 1. The van der Waals surface area contributed by atoms with Crippen molar-refractivity contribution < 1.29 is 4.79 Å². The number of benzene rings is 1. The summed E-state index contributed by atoms with van der Waals surface area (Å²) in [4.78, 5) is 16.4. The number of nitrogens with one attached hydrogen (secondary N) is 1. The average molecular weight is 289 g/mol. The minimum absolute atomic E-state index is 0.171. The van der Waals surface area contributed by atoms with E-state index in [0.29, 0.717) is 18.7 Å². The van der Waals surface area contributed by atoms with E-state index in [4.69, 9.17) is 5.73 Å². The fourth-order valence-corrected chi connectivity index (χ4v) is 2.77. The third kappa shape index (κ3) is 3.43. The van der Waals surface area contributed by atoms with Crippen molar-refractivity contribution >= 4 is 22.9 Å². The van der Waals surface area contributed by atoms with Crippen molar-refractivity contribution in [2.24, 2.45) is 5.73 Å². The molecule has 106 valence electrons. The van der Waals surface area contributed by atoms with Crippen molar-refractivity contribution in [2.75, 3.05) is 11.9 Å². The standard InChI is InChI=1S/C15H19N3OS/c1-3-11-8-12(5-4-10(11)2)17-15(19)13-9-20-14(18-13)6-7-16/h4-5,8-9H,3,6-7,16H2,1-2H3,(H,17,19). The van der Waals surface area contributed by atoms with Crippen molar-refractivity contribution in [3.63, 3.8) is 0 Å². The Balaban J connectivity index is 2.10. The van der Waals surface area contributed by atoms with Gasteiger partial charge < -0.3 is 11.1 Å². The summed E-state index contributed by atoms with van der Waals surface area (Å²) in [5, 5.41) is 5.56. The minimum Gasteiger partial charge on any atom is -0.330 e. The fraction of sp³-hybridized carbons (Fsp3) is 0.333. The smallest absolute Gasteiger partial charge is 0.275 e. The predicted octanol–water partition coefficient (Wildman–Crippen LogP) is 2.77. The molecule has 0 unspecified atom stereocenters. The summed E-state index contributed by atoms with van der Waals surface area (Å²) < 4.78 is 0. The van der Waals surface area contributed by atoms with E-state index in [9.17, 15) is 4.79 Å². The zero-order valence-electron chi connectivity index (χ0n) is 11.8. The molecule has 0 saturated carbocycles. The van der Waals surface area contributed by atoms with Gasteiger partial charge in [-0.3, -0.25) is 4.79 Å². The summed E-state index contributed by atoms with van der Waals surface area (Å²) in [6.45, 7) is 4.73. The molecule has 20 heavy (non-hydrogen) atoms. The molecule has 0 saturated heterocycles. The summed E-state index contributed by atoms with van der Waals surface area (Å²) in [6.07, 6.45) is 1.66. The molecule has 2 rings (SSSR count). The van der Waals surface area contributed by atoms with Crippen molar-refractivity contribution in [3.8, 4) is 0 Å². The number of rotatable bonds is 5. The third-order valence-electron chi connectivity index (χ3n) is 3.13. The van der Waals surface area contributed by atoms with Crippen molar-refractivity contribution in [1.82, 2.24) is 4.98 Å². The highest BCUT2D eigenvalue weighted by molar-refractivity contribution is 7.09. The first-order valence-electron chi connectivity index (χ1n) is 6.69. The molecule has 2 aromatic rings. The van der Waals surface area contributed by atoms with E-state index in [1.165, 1.54) is 22.5 Å². The SMILES string of the molecule is CCc1cc(NC(=O)c2csc(CCN)n2)ccc1C. The van der Waals surface area contributed by atoms with Gasteiger partial charge in [0.25, 0.3) is 5.91 Å². The number of thiazole rings is 1. The Labute approximate surface area is 123 Å². The lowest BCUT2D eigenvalue weighted by Crippen LogP contribution is -2.13. The molecule has 0 spiro atoms. The van der Waals surface area contributed by atoms with E-state index in [1.54, 1.807) is 5.38 Å². The molecule has 3 N–H and O–H groups in total. The fourth-order valence-electron chi connectivity index (χ4n) is 1.98. The molecule has 4 nitrogen and oxygen atoms in total. The van der Waals surface area contributed by atoms with Gasteiger partial charge in [-0.1, -0.05) is 13.0 Å². The monoisotopic (exact) mass is 289 g/mol. The van der Waals surface area contributed by atoms with Crippen LogP contribution in [0.3, 0.4) is 0 Å². The highest BCUT2D eigenvalue weighted by Gasteiger charge is 2.11. The van der Waals surface area contributed by atoms with E-state index in [-0.39, 0.29) is 5.91 Å². The lowest BCUT2D eigenvalue weighted by atomic mass is 10.1. The molecule has 0 aliphatic rings. The Hall–Kier alpha value is -1.72. The van der Waals surface area contributed by atoms with Crippen molar-refractivity contribution in [1.29, 1.82) is 0 Å². The molecule has 0 fully saturated rings. The van der Waals surface area contributed by atoms with Crippen LogP contribution in [-0.4, -0.2) is 17.4 Å². The summed E-state index contributed by atoms with van der Waals surface area (Å²) >= 11 is 1.47. The number of nitrogens with zero attached hydrogens (tertiary/aromatic N) is 1. The van der Waals surface area contributed by atoms with Gasteiger partial charge in [0.2, 0.25) is 0 Å². The molecule has 5 heteroatoms. The molecule has 1 amide bonds. The first-order chi connectivity index (χ1) is 9.63. The Morgan fingerprint density at radius 2 is 2.25 bits per heavy atom. The molecule has 0 radical (unpaired) electrons. The van der Waals surface area contributed by atoms with Gasteiger partial charge in [0.15, 0.2) is 0 Å². The Morgan fingerprint density at radius 1 is 1.45 bits per heavy atom. The van der Waals surface area contributed by atoms with Gasteiger partial charge >= 0.3 is 0 Å². The van der Waals surface area contributed by atoms with Crippen LogP contribution in [0.15, 0.2) is 23.6 Å². The first kappa shape index (κ1) is 14.7. The second-order valence-electron chi connectivity index (χ2n) is 4.61. The van der Waals surface area contributed by atoms with E-state index in [2.05, 4.69) is 24.1 Å². The Kier molecular flexibility index (Phi) is 4.87. The zero-order chi connectivity index (χ0) is 14.5. The van der Waals surface area contributed by atoms with Crippen LogP contribution in [0.4, 0.5) is 5.69 Å². The summed E-state index contributed by atoms with van der Waals surface area (Å²) in [7, 11) is 0. The molecule has 0 aliphatic carbocycles. The number of hydrogen-bond acceptors (Lipinski definition) is 4. The normalized spacial score (nSPS) is 10.6. The van der Waals surface area contributed by atoms with Gasteiger partial charge in [-0.15, -0.1) is 11.3 Å². The summed E-state index contributed by atoms with van der Waals surface area (Å²) in [6, 6.07) is 5.95. The zero-order valence-corrected chi connectivity index (χ0v) is 12.6. The second kappa shape index (κ2) is 6.63. The van der Waals surface area contributed by atoms with Gasteiger partial charge in [0, 0.05) is 17.5 Å². The maximum absolute atomic E-state index is 12.1. The van der Waals surface area contributed by atoms with Gasteiger partial charge in [-0.25, -0.2) is 4.98 Å². The molecule has 1 aromatic heterocycles. The molecular formula is C15H19N3OS. The molecule has 0 bridgehead atoms. The van der Waals surface area contributed by atoms with Gasteiger partial charge in [0.05, 0.1) is 5.01 Å². The van der Waals surface area contributed by atoms with Crippen LogP contribution >= 0.6 is 11.3 Å². The second-order valence-corrected chi connectivity index (χ2v) is 5.56. The predicted molar refractivity (Wildman–Crippen MR) is 83.4 cm³/mol. The average Bonchev–Trinajstić information content (AvgIpc) is 2.90. The molecule has 1 heterocycles. The van der Waals surface area contributed by atoms with Crippen LogP contribution in [0.25, 0.3) is 0 Å². The van der Waals surface area contributed by atoms with Crippen molar-refractivity contribution in [2.45, 2.75) is 26.7 Å². The van der Waals surface area contributed by atoms with Crippen LogP contribution in [0, 0.1) is 6.92 Å². The lowest BCUT2D eigenvalue weighted by molar-refractivity contribution is 0.102. The van der Waals surface area contributed by atoms with Crippen LogP contribution < -0.4 is 11.1 Å². The molecule has 0 atom stereocenters. The van der Waals surface area contributed by atoms with Gasteiger partial charge in [0.1, 0.15) is 5.69 Å². The van der Waals surface area contributed by atoms with Gasteiger partial charge in [-0.05, 0) is 43.1 Å². The number of hydrogen-bond donors (Lipinski definition) is 2. The number of nitrogens with two attached hydrogens (primary N) is 1. The van der Waals surface area contributed by atoms with Gasteiger partial charge in [-0.2, -0.15) is 0 Å². The van der Waals surface area contributed by atoms with Crippen LogP contribution in [0.1, 0.15) is 33.5 Å². The number of amides is 1. The number of aryl methyl sites for hydroxylation is 2. The van der Waals surface area contributed by atoms with Crippen LogP contribution in [0.5, 0.6) is 0 Å². The highest BCUT2D eigenvalue weighted by atomic mass is 32.1. The van der Waals surface area contributed by atoms with E-state index < -0.39 is 0 Å². The summed E-state index contributed by atoms with van der Waals surface area (Å²) in [5.41, 5.74) is 9.23. The number of carbonyl (C=O) groups excluding carboxylic acids is 1. The van der Waals surface area contributed by atoms with Crippen LogP contribution in [0.2, 0.25) is 0 Å². The molecular weight excluding hydrogens is 270 g/mol. The topological polar surface area (TPSA) is 68.0 Å². The minimum atomic E-state index is -0.171. The van der Waals surface area contributed by atoms with E-state index >= 15 is 0 Å². The molecule has 0 aliphatic heterocycles. The largest absolute Gasteiger partial charge is 0.330 e. The lowest BCUT2D eigenvalue weighted by Gasteiger charge is -2.08. The Bertz CT molecular complexity index is 607. The Morgan fingerprint density at radius 3 is 2.95 bits per heavy atom. The number of aromatic nitrogens is 1. The molecule has 1 aromatic carbocycles. The quantitative estimate of drug-likeness (QED) is 0.889. The first-order valence-corrected chi connectivity index (χ1v) is 7.57. The maximum atomic E-state index is 12.1. The van der Waals surface area contributed by atoms with E-state index in [0.717, 1.165) is 17.1 Å².